The molecular weight excluding hydrogens is 446 g/mol. The Balaban J connectivity index is 0.00000408. The van der Waals surface area contributed by atoms with Crippen LogP contribution in [0.2, 0.25) is 0 Å². The summed E-state index contributed by atoms with van der Waals surface area (Å²) in [4.78, 5) is 29.0. The van der Waals surface area contributed by atoms with E-state index < -0.39 is 0 Å². The largest absolute Gasteiger partial charge is 0.324 e. The summed E-state index contributed by atoms with van der Waals surface area (Å²) in [6, 6.07) is 11.3. The van der Waals surface area contributed by atoms with Gasteiger partial charge in [-0.25, -0.2) is 0 Å². The quantitative estimate of drug-likeness (QED) is 0.352. The number of piperidine rings is 1. The number of unbranched alkanes of at least 4 members (excludes halogenated alkanes) is 1. The van der Waals surface area contributed by atoms with E-state index in [9.17, 15) is 9.59 Å². The third kappa shape index (κ3) is 6.49. The number of allylic oxidation sites excluding steroid dienone is 1. The lowest BCUT2D eigenvalue weighted by Gasteiger charge is -2.40. The molecule has 3 rings (SSSR count). The van der Waals surface area contributed by atoms with Crippen LogP contribution in [0.1, 0.15) is 54.4 Å². The molecule has 2 aromatic rings. The number of carbonyl (C=O) groups is 2. The van der Waals surface area contributed by atoms with Gasteiger partial charge in [-0.15, -0.1) is 19.0 Å². The number of nitrogens with zero attached hydrogens (tertiary/aromatic N) is 1. The second-order valence-corrected chi connectivity index (χ2v) is 9.14. The molecule has 2 aromatic carbocycles. The fourth-order valence-electron chi connectivity index (χ4n) is 4.78. The van der Waals surface area contributed by atoms with E-state index in [1.165, 1.54) is 0 Å². The van der Waals surface area contributed by atoms with Gasteiger partial charge in [0.15, 0.2) is 0 Å². The van der Waals surface area contributed by atoms with Crippen LogP contribution in [0.3, 0.4) is 0 Å². The zero-order chi connectivity index (χ0) is 24.0. The van der Waals surface area contributed by atoms with Gasteiger partial charge in [-0.05, 0) is 82.1 Å². The van der Waals surface area contributed by atoms with Crippen LogP contribution in [0.4, 0.5) is 11.4 Å². The Labute approximate surface area is 210 Å². The highest BCUT2D eigenvalue weighted by atomic mass is 35.5. The van der Waals surface area contributed by atoms with Gasteiger partial charge in [-0.2, -0.15) is 0 Å². The van der Waals surface area contributed by atoms with E-state index in [0.717, 1.165) is 65.7 Å². The van der Waals surface area contributed by atoms with Crippen LogP contribution in [-0.4, -0.2) is 35.3 Å². The van der Waals surface area contributed by atoms with E-state index in [0.29, 0.717) is 6.54 Å². The Morgan fingerprint density at radius 3 is 1.68 bits per heavy atom. The van der Waals surface area contributed by atoms with Crippen molar-refractivity contribution in [2.24, 2.45) is 0 Å². The van der Waals surface area contributed by atoms with Crippen molar-refractivity contribution in [3.63, 3.8) is 0 Å². The molecule has 1 aliphatic rings. The van der Waals surface area contributed by atoms with Gasteiger partial charge in [0, 0.05) is 17.9 Å². The van der Waals surface area contributed by atoms with Gasteiger partial charge in [0.25, 0.3) is 0 Å². The minimum atomic E-state index is -0.337. The molecule has 1 aliphatic heterocycles. The predicted molar refractivity (Wildman–Crippen MR) is 144 cm³/mol. The molecule has 2 N–H and O–H groups in total. The summed E-state index contributed by atoms with van der Waals surface area (Å²) in [5.74, 6) is -0.0637. The first-order chi connectivity index (χ1) is 15.8. The van der Waals surface area contributed by atoms with Crippen molar-refractivity contribution in [2.45, 2.75) is 71.9 Å². The SMILES string of the molecule is C=CCCCN1C(C(=O)Nc2c(C)cccc2C)CCCC1C(=O)Nc1c(C)cccc1C.Cl. The molecule has 0 radical (unpaired) electrons. The van der Waals surface area contributed by atoms with Crippen LogP contribution in [0.5, 0.6) is 0 Å². The van der Waals surface area contributed by atoms with Gasteiger partial charge >= 0.3 is 0 Å². The number of carbonyl (C=O) groups excluding carboxylic acids is 2. The van der Waals surface area contributed by atoms with E-state index in [1.54, 1.807) is 0 Å². The van der Waals surface area contributed by atoms with Gasteiger partial charge in [-0.1, -0.05) is 42.5 Å². The molecule has 1 saturated heterocycles. The molecule has 0 aliphatic carbocycles. The number of aryl methyl sites for hydroxylation is 4. The Kier molecular flexibility index (Phi) is 10.3. The van der Waals surface area contributed by atoms with E-state index in [2.05, 4.69) is 22.1 Å². The van der Waals surface area contributed by atoms with Crippen molar-refractivity contribution < 1.29 is 9.59 Å². The van der Waals surface area contributed by atoms with Crippen LogP contribution >= 0.6 is 12.4 Å². The van der Waals surface area contributed by atoms with Crippen molar-refractivity contribution in [2.75, 3.05) is 17.2 Å². The predicted octanol–water partition coefficient (Wildman–Crippen LogP) is 6.11. The Morgan fingerprint density at radius 1 is 0.882 bits per heavy atom. The topological polar surface area (TPSA) is 61.4 Å². The van der Waals surface area contributed by atoms with Crippen molar-refractivity contribution in [1.29, 1.82) is 0 Å². The number of amides is 2. The highest BCUT2D eigenvalue weighted by molar-refractivity contribution is 5.99. The maximum absolute atomic E-state index is 13.4. The summed E-state index contributed by atoms with van der Waals surface area (Å²) in [6.07, 6.45) is 5.95. The molecule has 1 heterocycles. The number of hydrogen-bond donors (Lipinski definition) is 2. The molecule has 184 valence electrons. The smallest absolute Gasteiger partial charge is 0.241 e. The summed E-state index contributed by atoms with van der Waals surface area (Å²) in [5.41, 5.74) is 5.91. The lowest BCUT2D eigenvalue weighted by molar-refractivity contribution is -0.130. The molecule has 0 saturated carbocycles. The van der Waals surface area contributed by atoms with Crippen molar-refractivity contribution in [3.05, 3.63) is 71.3 Å². The third-order valence-electron chi connectivity index (χ3n) is 6.64. The summed E-state index contributed by atoms with van der Waals surface area (Å²) in [5, 5.41) is 6.33. The third-order valence-corrected chi connectivity index (χ3v) is 6.64. The van der Waals surface area contributed by atoms with E-state index in [-0.39, 0.29) is 36.3 Å². The molecular formula is C28H38ClN3O2. The fourth-order valence-corrected chi connectivity index (χ4v) is 4.78. The average Bonchev–Trinajstić information content (AvgIpc) is 2.79. The van der Waals surface area contributed by atoms with Gasteiger partial charge in [0.05, 0.1) is 12.1 Å². The minimum absolute atomic E-state index is 0. The fraction of sp³-hybridized carbons (Fsp3) is 0.429. The number of likely N-dealkylation sites (tertiary alicyclic amines) is 1. The maximum atomic E-state index is 13.4. The molecule has 0 bridgehead atoms. The lowest BCUT2D eigenvalue weighted by atomic mass is 9.93. The number of anilines is 2. The zero-order valence-corrected chi connectivity index (χ0v) is 21.6. The summed E-state index contributed by atoms with van der Waals surface area (Å²) in [7, 11) is 0. The molecule has 34 heavy (non-hydrogen) atoms. The Bertz CT molecular complexity index is 907. The number of para-hydroxylation sites is 2. The van der Waals surface area contributed by atoms with Gasteiger partial charge < -0.3 is 10.6 Å². The molecule has 5 nitrogen and oxygen atoms in total. The van der Waals surface area contributed by atoms with Crippen LogP contribution in [0, 0.1) is 27.7 Å². The Hall–Kier alpha value is -2.63. The summed E-state index contributed by atoms with van der Waals surface area (Å²) >= 11 is 0. The first-order valence-electron chi connectivity index (χ1n) is 11.9. The minimum Gasteiger partial charge on any atom is -0.324 e. The first kappa shape index (κ1) is 27.6. The van der Waals surface area contributed by atoms with E-state index in [4.69, 9.17) is 0 Å². The first-order valence-corrected chi connectivity index (χ1v) is 11.9. The van der Waals surface area contributed by atoms with Crippen LogP contribution < -0.4 is 10.6 Å². The highest BCUT2D eigenvalue weighted by Gasteiger charge is 2.38. The molecule has 2 unspecified atom stereocenters. The summed E-state index contributed by atoms with van der Waals surface area (Å²) in [6.45, 7) is 12.5. The molecule has 2 amide bonds. The molecule has 6 heteroatoms. The molecule has 0 spiro atoms. The van der Waals surface area contributed by atoms with Crippen molar-refractivity contribution in [3.8, 4) is 0 Å². The van der Waals surface area contributed by atoms with E-state index in [1.807, 2.05) is 70.2 Å². The number of hydrogen-bond acceptors (Lipinski definition) is 3. The molecule has 0 aromatic heterocycles. The second-order valence-electron chi connectivity index (χ2n) is 9.14. The van der Waals surface area contributed by atoms with Gasteiger partial charge in [-0.3, -0.25) is 14.5 Å². The van der Waals surface area contributed by atoms with Crippen LogP contribution in [0.25, 0.3) is 0 Å². The van der Waals surface area contributed by atoms with Crippen molar-refractivity contribution in [1.82, 2.24) is 4.90 Å². The van der Waals surface area contributed by atoms with Crippen molar-refractivity contribution >= 4 is 35.6 Å². The van der Waals surface area contributed by atoms with Gasteiger partial charge in [0.2, 0.25) is 11.8 Å². The number of halogens is 1. The van der Waals surface area contributed by atoms with Crippen LogP contribution in [-0.2, 0) is 9.59 Å². The number of nitrogens with one attached hydrogen (secondary N) is 2. The zero-order valence-electron chi connectivity index (χ0n) is 20.8. The lowest BCUT2D eigenvalue weighted by Crippen LogP contribution is -2.56. The molecule has 2 atom stereocenters. The maximum Gasteiger partial charge on any atom is 0.241 e. The average molecular weight is 484 g/mol. The van der Waals surface area contributed by atoms with Crippen LogP contribution in [0.15, 0.2) is 49.1 Å². The second kappa shape index (κ2) is 12.7. The molecule has 1 fully saturated rings. The monoisotopic (exact) mass is 483 g/mol. The highest BCUT2D eigenvalue weighted by Crippen LogP contribution is 2.28. The Morgan fingerprint density at radius 2 is 1.29 bits per heavy atom. The van der Waals surface area contributed by atoms with E-state index >= 15 is 0 Å². The number of rotatable bonds is 8. The number of benzene rings is 2. The summed E-state index contributed by atoms with van der Waals surface area (Å²) < 4.78 is 0. The standard InChI is InChI=1S/C28H37N3O2.ClH/c1-6-7-8-18-31-23(27(32)29-25-19(2)12-9-13-20(25)3)16-11-17-24(31)28(33)30-26-21(4)14-10-15-22(26)5;/h6,9-10,12-15,23-24H,1,7-8,11,16-18H2,2-5H3,(H,29,32)(H,30,33);1H. The normalized spacial score (nSPS) is 18.0. The van der Waals surface area contributed by atoms with Gasteiger partial charge in [0.1, 0.15) is 0 Å².